The fourth-order valence-corrected chi connectivity index (χ4v) is 10.3. The predicted octanol–water partition coefficient (Wildman–Crippen LogP) is 16.7. The van der Waals surface area contributed by atoms with Gasteiger partial charge < -0.3 is 9.47 Å². The van der Waals surface area contributed by atoms with Crippen LogP contribution in [0, 0.1) is 0 Å². The molecule has 0 fully saturated rings. The second-order valence-electron chi connectivity index (χ2n) is 17.3. The van der Waals surface area contributed by atoms with E-state index in [0.29, 0.717) is 0 Å². The van der Waals surface area contributed by atoms with Gasteiger partial charge >= 0.3 is 0 Å². The summed E-state index contributed by atoms with van der Waals surface area (Å²) in [4.78, 5) is 2.45. The van der Waals surface area contributed by atoms with Crippen molar-refractivity contribution in [1.29, 1.82) is 0 Å². The van der Waals surface area contributed by atoms with E-state index in [1.54, 1.807) is 0 Å². The van der Waals surface area contributed by atoms with Crippen LogP contribution in [0.3, 0.4) is 0 Å². The van der Waals surface area contributed by atoms with E-state index in [2.05, 4.69) is 254 Å². The van der Waals surface area contributed by atoms with Crippen LogP contribution in [0.2, 0.25) is 0 Å². The summed E-state index contributed by atoms with van der Waals surface area (Å²) in [6.45, 7) is 4.72. The number of hydrogen-bond acceptors (Lipinski definition) is 1. The van der Waals surface area contributed by atoms with Gasteiger partial charge in [-0.15, -0.1) is 0 Å². The minimum atomic E-state index is -0.115. The molecule has 1 aromatic heterocycles. The van der Waals surface area contributed by atoms with Gasteiger partial charge in [0.15, 0.2) is 0 Å². The van der Waals surface area contributed by atoms with Crippen molar-refractivity contribution >= 4 is 49.6 Å². The Bertz CT molecular complexity index is 3500. The zero-order chi connectivity index (χ0) is 42.1. The average Bonchev–Trinajstić information content (AvgIpc) is 3.80. The first kappa shape index (κ1) is 36.9. The van der Waals surface area contributed by atoms with Gasteiger partial charge in [-0.2, -0.15) is 0 Å². The Morgan fingerprint density at radius 3 is 1.63 bits per heavy atom. The summed E-state index contributed by atoms with van der Waals surface area (Å²) in [5.41, 5.74) is 19.5. The molecular weight excluding hydrogens is 761 g/mol. The Morgan fingerprint density at radius 2 is 0.873 bits per heavy atom. The molecular formula is C61H44N2. The van der Waals surface area contributed by atoms with Crippen molar-refractivity contribution in [2.45, 2.75) is 19.3 Å². The maximum absolute atomic E-state index is 2.45. The molecule has 0 saturated carbocycles. The van der Waals surface area contributed by atoms with Crippen molar-refractivity contribution in [2.75, 3.05) is 4.90 Å². The maximum Gasteiger partial charge on any atom is 0.0541 e. The standard InChI is InChI=1S/C61H44N2/c1-61(2)56-23-13-11-20-51(56)52-35-34-48(40-57(52)61)62(59-38-36-49(44-15-5-3-6-16-44)50-19-9-10-21-53(50)59)47-32-29-42(30-33-47)41-25-27-43(28-26-41)45-31-37-60-55(39-45)54-22-12-14-24-58(54)63(60)46-17-7-4-8-18-46/h3-40H,1-2H3. The van der Waals surface area contributed by atoms with Crippen LogP contribution in [0.15, 0.2) is 231 Å². The lowest BCUT2D eigenvalue weighted by Crippen LogP contribution is -2.16. The summed E-state index contributed by atoms with van der Waals surface area (Å²) >= 11 is 0. The molecule has 11 aromatic rings. The van der Waals surface area contributed by atoms with Crippen LogP contribution in [0.5, 0.6) is 0 Å². The van der Waals surface area contributed by atoms with E-state index in [1.807, 2.05) is 0 Å². The molecule has 2 heteroatoms. The molecule has 10 aromatic carbocycles. The molecule has 298 valence electrons. The highest BCUT2D eigenvalue weighted by atomic mass is 15.1. The van der Waals surface area contributed by atoms with Crippen LogP contribution in [0.25, 0.3) is 82.8 Å². The van der Waals surface area contributed by atoms with Gasteiger partial charge in [0.2, 0.25) is 0 Å². The first-order chi connectivity index (χ1) is 31.0. The van der Waals surface area contributed by atoms with Crippen molar-refractivity contribution in [3.63, 3.8) is 0 Å². The number of nitrogens with zero attached hydrogens (tertiary/aromatic N) is 2. The Hall–Kier alpha value is -7.94. The second kappa shape index (κ2) is 14.6. The smallest absolute Gasteiger partial charge is 0.0541 e. The zero-order valence-corrected chi connectivity index (χ0v) is 35.3. The lowest BCUT2D eigenvalue weighted by Gasteiger charge is -2.29. The van der Waals surface area contributed by atoms with Gasteiger partial charge in [0.25, 0.3) is 0 Å². The molecule has 0 atom stereocenters. The summed E-state index contributed by atoms with van der Waals surface area (Å²) in [5, 5.41) is 4.97. The fraction of sp³-hybridized carbons (Fsp3) is 0.0492. The number of anilines is 3. The first-order valence-corrected chi connectivity index (χ1v) is 21.9. The van der Waals surface area contributed by atoms with E-state index >= 15 is 0 Å². The molecule has 0 aliphatic heterocycles. The zero-order valence-electron chi connectivity index (χ0n) is 35.3. The van der Waals surface area contributed by atoms with Crippen molar-refractivity contribution in [3.05, 3.63) is 242 Å². The van der Waals surface area contributed by atoms with Crippen LogP contribution in [0.4, 0.5) is 17.1 Å². The molecule has 1 aliphatic carbocycles. The summed E-state index contributed by atoms with van der Waals surface area (Å²) in [6.07, 6.45) is 0. The molecule has 0 unspecified atom stereocenters. The first-order valence-electron chi connectivity index (χ1n) is 21.9. The molecule has 0 spiro atoms. The van der Waals surface area contributed by atoms with Crippen molar-refractivity contribution in [3.8, 4) is 50.2 Å². The van der Waals surface area contributed by atoms with E-state index in [4.69, 9.17) is 0 Å². The highest BCUT2D eigenvalue weighted by Crippen LogP contribution is 2.51. The van der Waals surface area contributed by atoms with Gasteiger partial charge in [-0.3, -0.25) is 0 Å². The topological polar surface area (TPSA) is 8.17 Å². The molecule has 63 heavy (non-hydrogen) atoms. The third-order valence-corrected chi connectivity index (χ3v) is 13.4. The Balaban J connectivity index is 0.928. The van der Waals surface area contributed by atoms with Crippen LogP contribution >= 0.6 is 0 Å². The summed E-state index contributed by atoms with van der Waals surface area (Å²) in [7, 11) is 0. The van der Waals surface area contributed by atoms with Gasteiger partial charge in [0.05, 0.1) is 16.7 Å². The fourth-order valence-electron chi connectivity index (χ4n) is 10.3. The third-order valence-electron chi connectivity index (χ3n) is 13.4. The predicted molar refractivity (Wildman–Crippen MR) is 267 cm³/mol. The summed E-state index contributed by atoms with van der Waals surface area (Å²) in [5.74, 6) is 0. The second-order valence-corrected chi connectivity index (χ2v) is 17.3. The molecule has 0 amide bonds. The van der Waals surface area contributed by atoms with E-state index < -0.39 is 0 Å². The van der Waals surface area contributed by atoms with Gasteiger partial charge in [-0.05, 0) is 122 Å². The Morgan fingerprint density at radius 1 is 0.333 bits per heavy atom. The van der Waals surface area contributed by atoms with Crippen molar-refractivity contribution in [2.24, 2.45) is 0 Å². The molecule has 1 heterocycles. The van der Waals surface area contributed by atoms with Crippen LogP contribution in [-0.4, -0.2) is 4.57 Å². The number of fused-ring (bicyclic) bond motifs is 7. The SMILES string of the molecule is CC1(C)c2ccccc2-c2ccc(N(c3ccc(-c4ccc(-c5ccc6c(c5)c5ccccc5n6-c5ccccc5)cc4)cc3)c3ccc(-c4ccccc4)c4ccccc34)cc21. The molecule has 12 rings (SSSR count). The average molecular weight is 805 g/mol. The van der Waals surface area contributed by atoms with Crippen molar-refractivity contribution < 1.29 is 0 Å². The number of rotatable bonds is 7. The van der Waals surface area contributed by atoms with Crippen LogP contribution in [0.1, 0.15) is 25.0 Å². The minimum Gasteiger partial charge on any atom is -0.310 e. The lowest BCUT2D eigenvalue weighted by molar-refractivity contribution is 0.660. The normalized spacial score (nSPS) is 12.7. The summed E-state index contributed by atoms with van der Waals surface area (Å²) in [6, 6.07) is 84.5. The maximum atomic E-state index is 2.45. The monoisotopic (exact) mass is 804 g/mol. The number of hydrogen-bond donors (Lipinski definition) is 0. The Kier molecular flexibility index (Phi) is 8.55. The molecule has 0 bridgehead atoms. The Labute approximate surface area is 368 Å². The molecule has 0 radical (unpaired) electrons. The van der Waals surface area contributed by atoms with Crippen LogP contribution < -0.4 is 4.90 Å². The van der Waals surface area contributed by atoms with Gasteiger partial charge in [0.1, 0.15) is 0 Å². The molecule has 0 saturated heterocycles. The quantitative estimate of drug-likeness (QED) is 0.156. The lowest BCUT2D eigenvalue weighted by atomic mass is 9.82. The van der Waals surface area contributed by atoms with Gasteiger partial charge in [-0.1, -0.05) is 184 Å². The number of para-hydroxylation sites is 2. The van der Waals surface area contributed by atoms with Gasteiger partial charge in [-0.25, -0.2) is 0 Å². The highest BCUT2D eigenvalue weighted by molar-refractivity contribution is 6.11. The largest absolute Gasteiger partial charge is 0.310 e. The van der Waals surface area contributed by atoms with E-state index in [0.717, 1.165) is 17.1 Å². The number of aromatic nitrogens is 1. The van der Waals surface area contributed by atoms with Crippen molar-refractivity contribution in [1.82, 2.24) is 4.57 Å². The third kappa shape index (κ3) is 6.02. The minimum absolute atomic E-state index is 0.115. The molecule has 0 N–H and O–H groups in total. The number of benzene rings is 10. The summed E-state index contributed by atoms with van der Waals surface area (Å²) < 4.78 is 2.37. The van der Waals surface area contributed by atoms with E-state index in [1.165, 1.54) is 93.9 Å². The van der Waals surface area contributed by atoms with Crippen LogP contribution in [-0.2, 0) is 5.41 Å². The molecule has 1 aliphatic rings. The molecule has 2 nitrogen and oxygen atoms in total. The highest BCUT2D eigenvalue weighted by Gasteiger charge is 2.36. The van der Waals surface area contributed by atoms with Gasteiger partial charge in [0, 0.05) is 38.6 Å². The van der Waals surface area contributed by atoms with E-state index in [9.17, 15) is 0 Å². The van der Waals surface area contributed by atoms with E-state index in [-0.39, 0.29) is 5.41 Å².